The maximum atomic E-state index is 4.37. The monoisotopic (exact) mass is 265 g/mol. The van der Waals surface area contributed by atoms with Crippen LogP contribution < -0.4 is 0 Å². The molecule has 0 spiro atoms. The summed E-state index contributed by atoms with van der Waals surface area (Å²) < 4.78 is 0. The van der Waals surface area contributed by atoms with Crippen LogP contribution in [0.3, 0.4) is 0 Å². The standard InChI is InChI=1S/C14H23N3S/c1-11-7-16-6-4-3-5-13(16)8-17(11)9-14-12(2)15-10-18-14/h10-11,13H,3-9H2,1-2H3. The molecule has 0 saturated carbocycles. The number of piperazine rings is 1. The number of aryl methyl sites for hydroxylation is 1. The highest BCUT2D eigenvalue weighted by atomic mass is 32.1. The molecule has 3 nitrogen and oxygen atoms in total. The molecule has 2 saturated heterocycles. The number of nitrogens with zero attached hydrogens (tertiary/aromatic N) is 3. The fourth-order valence-corrected chi connectivity index (χ4v) is 4.10. The molecule has 1 aromatic heterocycles. The first kappa shape index (κ1) is 12.6. The molecule has 3 rings (SSSR count). The number of hydrogen-bond donors (Lipinski definition) is 0. The van der Waals surface area contributed by atoms with E-state index in [4.69, 9.17) is 0 Å². The Kier molecular flexibility index (Phi) is 3.68. The van der Waals surface area contributed by atoms with Gasteiger partial charge < -0.3 is 0 Å². The third-order valence-corrected chi connectivity index (χ3v) is 5.43. The van der Waals surface area contributed by atoms with E-state index in [0.29, 0.717) is 6.04 Å². The van der Waals surface area contributed by atoms with E-state index in [1.807, 2.05) is 16.8 Å². The Morgan fingerprint density at radius 3 is 3.06 bits per heavy atom. The first-order valence-corrected chi connectivity index (χ1v) is 7.99. The molecule has 0 aliphatic carbocycles. The van der Waals surface area contributed by atoms with Crippen molar-refractivity contribution in [1.29, 1.82) is 0 Å². The van der Waals surface area contributed by atoms with E-state index in [0.717, 1.165) is 12.6 Å². The third kappa shape index (κ3) is 2.46. The molecule has 0 amide bonds. The van der Waals surface area contributed by atoms with Gasteiger partial charge >= 0.3 is 0 Å². The summed E-state index contributed by atoms with van der Waals surface area (Å²) >= 11 is 1.81. The maximum Gasteiger partial charge on any atom is 0.0798 e. The minimum absolute atomic E-state index is 0.681. The van der Waals surface area contributed by atoms with Gasteiger partial charge in [-0.05, 0) is 33.2 Å². The zero-order valence-corrected chi connectivity index (χ0v) is 12.2. The van der Waals surface area contributed by atoms with Crippen LogP contribution in [0.2, 0.25) is 0 Å². The molecule has 2 fully saturated rings. The van der Waals surface area contributed by atoms with Crippen LogP contribution in [0.4, 0.5) is 0 Å². The zero-order chi connectivity index (χ0) is 12.5. The van der Waals surface area contributed by atoms with Gasteiger partial charge in [0.2, 0.25) is 0 Å². The van der Waals surface area contributed by atoms with Crippen molar-refractivity contribution >= 4 is 11.3 Å². The number of hydrogen-bond acceptors (Lipinski definition) is 4. The Hall–Kier alpha value is -0.450. The average molecular weight is 265 g/mol. The van der Waals surface area contributed by atoms with E-state index in [1.54, 1.807) is 0 Å². The smallest absolute Gasteiger partial charge is 0.0798 e. The van der Waals surface area contributed by atoms with E-state index < -0.39 is 0 Å². The van der Waals surface area contributed by atoms with Gasteiger partial charge in [-0.25, -0.2) is 4.98 Å². The summed E-state index contributed by atoms with van der Waals surface area (Å²) in [5, 5.41) is 0. The number of thiazole rings is 1. The highest BCUT2D eigenvalue weighted by molar-refractivity contribution is 7.09. The second kappa shape index (κ2) is 5.27. The first-order valence-electron chi connectivity index (χ1n) is 7.11. The molecule has 3 heterocycles. The van der Waals surface area contributed by atoms with Gasteiger partial charge in [-0.3, -0.25) is 9.80 Å². The van der Waals surface area contributed by atoms with E-state index in [9.17, 15) is 0 Å². The normalized spacial score (nSPS) is 30.3. The molecule has 0 N–H and O–H groups in total. The largest absolute Gasteiger partial charge is 0.298 e. The minimum Gasteiger partial charge on any atom is -0.298 e. The molecular weight excluding hydrogens is 242 g/mol. The van der Waals surface area contributed by atoms with Crippen molar-refractivity contribution in [3.63, 3.8) is 0 Å². The minimum atomic E-state index is 0.681. The van der Waals surface area contributed by atoms with Crippen LogP contribution in [0.25, 0.3) is 0 Å². The lowest BCUT2D eigenvalue weighted by Gasteiger charge is -2.47. The molecule has 0 aromatic carbocycles. The second-order valence-electron chi connectivity index (χ2n) is 5.78. The van der Waals surface area contributed by atoms with Gasteiger partial charge in [0.15, 0.2) is 0 Å². The van der Waals surface area contributed by atoms with Crippen molar-refractivity contribution in [3.8, 4) is 0 Å². The molecule has 2 aliphatic heterocycles. The molecule has 2 atom stereocenters. The zero-order valence-electron chi connectivity index (χ0n) is 11.4. The van der Waals surface area contributed by atoms with E-state index in [-0.39, 0.29) is 0 Å². The quantitative estimate of drug-likeness (QED) is 0.819. The topological polar surface area (TPSA) is 19.4 Å². The fourth-order valence-electron chi connectivity index (χ4n) is 3.30. The van der Waals surface area contributed by atoms with Crippen molar-refractivity contribution in [1.82, 2.24) is 14.8 Å². The SMILES string of the molecule is Cc1ncsc1CN1CC2CCCCN2CC1C. The Morgan fingerprint density at radius 1 is 1.39 bits per heavy atom. The van der Waals surface area contributed by atoms with E-state index in [2.05, 4.69) is 28.6 Å². The second-order valence-corrected chi connectivity index (χ2v) is 6.72. The van der Waals surface area contributed by atoms with Gasteiger partial charge in [0.1, 0.15) is 0 Å². The van der Waals surface area contributed by atoms with Crippen LogP contribution in [0.5, 0.6) is 0 Å². The van der Waals surface area contributed by atoms with Crippen molar-refractivity contribution < 1.29 is 0 Å². The summed E-state index contributed by atoms with van der Waals surface area (Å²) in [5.41, 5.74) is 3.20. The molecule has 1 aromatic rings. The summed E-state index contributed by atoms with van der Waals surface area (Å²) in [4.78, 5) is 11.2. The van der Waals surface area contributed by atoms with Crippen LogP contribution in [0.1, 0.15) is 36.8 Å². The Balaban J connectivity index is 1.67. The summed E-state index contributed by atoms with van der Waals surface area (Å²) in [7, 11) is 0. The van der Waals surface area contributed by atoms with Gasteiger partial charge in [0, 0.05) is 36.6 Å². The lowest BCUT2D eigenvalue weighted by molar-refractivity contribution is 0.0115. The molecule has 0 bridgehead atoms. The fraction of sp³-hybridized carbons (Fsp3) is 0.786. The van der Waals surface area contributed by atoms with E-state index in [1.165, 1.54) is 49.5 Å². The van der Waals surface area contributed by atoms with Gasteiger partial charge in [0.25, 0.3) is 0 Å². The van der Waals surface area contributed by atoms with Gasteiger partial charge in [0.05, 0.1) is 11.2 Å². The van der Waals surface area contributed by atoms with Crippen molar-refractivity contribution in [2.75, 3.05) is 19.6 Å². The molecule has 4 heteroatoms. The first-order chi connectivity index (χ1) is 8.74. The third-order valence-electron chi connectivity index (χ3n) is 4.51. The lowest BCUT2D eigenvalue weighted by Crippen LogP contribution is -2.58. The summed E-state index contributed by atoms with van der Waals surface area (Å²) in [6.07, 6.45) is 4.21. The van der Waals surface area contributed by atoms with Crippen LogP contribution in [-0.2, 0) is 6.54 Å². The van der Waals surface area contributed by atoms with Gasteiger partial charge in [-0.2, -0.15) is 0 Å². The molecule has 2 unspecified atom stereocenters. The van der Waals surface area contributed by atoms with Crippen LogP contribution in [0, 0.1) is 6.92 Å². The Bertz CT molecular complexity index is 403. The lowest BCUT2D eigenvalue weighted by atomic mass is 9.97. The highest BCUT2D eigenvalue weighted by Gasteiger charge is 2.33. The number of fused-ring (bicyclic) bond motifs is 1. The predicted molar refractivity (Wildman–Crippen MR) is 75.9 cm³/mol. The van der Waals surface area contributed by atoms with Crippen molar-refractivity contribution in [2.24, 2.45) is 0 Å². The summed E-state index contributed by atoms with van der Waals surface area (Å²) in [5.74, 6) is 0. The average Bonchev–Trinajstić information content (AvgIpc) is 2.76. The molecule has 2 aliphatic rings. The Labute approximate surface area is 114 Å². The van der Waals surface area contributed by atoms with E-state index >= 15 is 0 Å². The summed E-state index contributed by atoms with van der Waals surface area (Å²) in [6, 6.07) is 1.49. The van der Waals surface area contributed by atoms with Crippen LogP contribution in [-0.4, -0.2) is 46.5 Å². The molecule has 0 radical (unpaired) electrons. The maximum absolute atomic E-state index is 4.37. The number of aromatic nitrogens is 1. The van der Waals surface area contributed by atoms with Crippen LogP contribution in [0.15, 0.2) is 5.51 Å². The number of piperidine rings is 1. The van der Waals surface area contributed by atoms with Crippen molar-refractivity contribution in [3.05, 3.63) is 16.1 Å². The van der Waals surface area contributed by atoms with Crippen molar-refractivity contribution in [2.45, 2.75) is 51.7 Å². The number of rotatable bonds is 2. The molecule has 18 heavy (non-hydrogen) atoms. The highest BCUT2D eigenvalue weighted by Crippen LogP contribution is 2.26. The van der Waals surface area contributed by atoms with Crippen LogP contribution >= 0.6 is 11.3 Å². The predicted octanol–water partition coefficient (Wildman–Crippen LogP) is 2.51. The van der Waals surface area contributed by atoms with Gasteiger partial charge in [-0.1, -0.05) is 6.42 Å². The Morgan fingerprint density at radius 2 is 2.28 bits per heavy atom. The molecular formula is C14H23N3S. The van der Waals surface area contributed by atoms with Gasteiger partial charge in [-0.15, -0.1) is 11.3 Å². The molecule has 100 valence electrons. The summed E-state index contributed by atoms with van der Waals surface area (Å²) in [6.45, 7) is 9.43.